The second kappa shape index (κ2) is 8.75. The molecule has 2 aromatic heterocycles. The van der Waals surface area contributed by atoms with Crippen LogP contribution in [0.5, 0.6) is 0 Å². The lowest BCUT2D eigenvalue weighted by atomic mass is 10.1. The van der Waals surface area contributed by atoms with E-state index in [1.807, 2.05) is 66.7 Å². The highest BCUT2D eigenvalue weighted by Crippen LogP contribution is 2.24. The van der Waals surface area contributed by atoms with Crippen molar-refractivity contribution in [3.8, 4) is 22.6 Å². The number of nitrogens with zero attached hydrogens (tertiary/aromatic N) is 3. The predicted octanol–water partition coefficient (Wildman–Crippen LogP) is 4.90. The maximum atomic E-state index is 12.9. The Morgan fingerprint density at radius 1 is 0.897 bits per heavy atom. The summed E-state index contributed by atoms with van der Waals surface area (Å²) in [6, 6.07) is 21.2. The molecule has 0 saturated heterocycles. The summed E-state index contributed by atoms with van der Waals surface area (Å²) in [6.45, 7) is 0.423. The minimum atomic E-state index is -0.215. The molecular formula is C23H17BrN4O. The van der Waals surface area contributed by atoms with Gasteiger partial charge in [0.05, 0.1) is 11.3 Å². The van der Waals surface area contributed by atoms with Gasteiger partial charge in [-0.1, -0.05) is 58.4 Å². The van der Waals surface area contributed by atoms with Gasteiger partial charge in [-0.3, -0.25) is 9.78 Å². The van der Waals surface area contributed by atoms with E-state index in [2.05, 4.69) is 31.2 Å². The summed E-state index contributed by atoms with van der Waals surface area (Å²) in [7, 11) is 0. The zero-order chi connectivity index (χ0) is 20.1. The van der Waals surface area contributed by atoms with Gasteiger partial charge in [0, 0.05) is 40.7 Å². The molecule has 5 nitrogen and oxygen atoms in total. The monoisotopic (exact) mass is 444 g/mol. The van der Waals surface area contributed by atoms with Gasteiger partial charge in [0.1, 0.15) is 0 Å². The Labute approximate surface area is 177 Å². The minimum Gasteiger partial charge on any atom is -0.348 e. The van der Waals surface area contributed by atoms with E-state index >= 15 is 0 Å². The summed E-state index contributed by atoms with van der Waals surface area (Å²) in [5, 5.41) is 2.96. The molecule has 0 bridgehead atoms. The van der Waals surface area contributed by atoms with Crippen LogP contribution in [0, 0.1) is 0 Å². The van der Waals surface area contributed by atoms with Crippen LogP contribution >= 0.6 is 15.9 Å². The maximum Gasteiger partial charge on any atom is 0.255 e. The number of carbonyl (C=O) groups is 1. The van der Waals surface area contributed by atoms with E-state index in [0.717, 1.165) is 21.2 Å². The lowest BCUT2D eigenvalue weighted by molar-refractivity contribution is 0.0951. The van der Waals surface area contributed by atoms with Crippen LogP contribution in [0.25, 0.3) is 22.6 Å². The van der Waals surface area contributed by atoms with E-state index < -0.39 is 0 Å². The molecule has 1 N–H and O–H groups in total. The zero-order valence-electron chi connectivity index (χ0n) is 15.4. The summed E-state index contributed by atoms with van der Waals surface area (Å²) in [4.78, 5) is 26.1. The highest BCUT2D eigenvalue weighted by Gasteiger charge is 2.17. The van der Waals surface area contributed by atoms with Crippen molar-refractivity contribution in [2.24, 2.45) is 0 Å². The SMILES string of the molecule is O=C(NCc1ccc(Br)cc1)c1cnc(-c2ccncc2)nc1-c1ccccc1. The number of benzene rings is 2. The van der Waals surface area contributed by atoms with Gasteiger partial charge in [0.25, 0.3) is 5.91 Å². The summed E-state index contributed by atoms with van der Waals surface area (Å²) >= 11 is 3.42. The van der Waals surface area contributed by atoms with E-state index in [0.29, 0.717) is 23.6 Å². The van der Waals surface area contributed by atoms with Crippen LogP contribution < -0.4 is 5.32 Å². The molecule has 2 aromatic carbocycles. The first-order valence-corrected chi connectivity index (χ1v) is 9.85. The Morgan fingerprint density at radius 2 is 1.62 bits per heavy atom. The smallest absolute Gasteiger partial charge is 0.255 e. The number of amides is 1. The van der Waals surface area contributed by atoms with Crippen molar-refractivity contribution < 1.29 is 4.79 Å². The van der Waals surface area contributed by atoms with Gasteiger partial charge in [-0.2, -0.15) is 0 Å². The normalized spacial score (nSPS) is 10.5. The lowest BCUT2D eigenvalue weighted by Crippen LogP contribution is -2.24. The van der Waals surface area contributed by atoms with E-state index in [1.54, 1.807) is 18.6 Å². The quantitative estimate of drug-likeness (QED) is 0.475. The molecule has 0 unspecified atom stereocenters. The van der Waals surface area contributed by atoms with Gasteiger partial charge >= 0.3 is 0 Å². The molecular weight excluding hydrogens is 428 g/mol. The second-order valence-corrected chi connectivity index (χ2v) is 7.28. The Hall–Kier alpha value is -3.38. The third kappa shape index (κ3) is 4.55. The van der Waals surface area contributed by atoms with Gasteiger partial charge in [-0.25, -0.2) is 9.97 Å². The lowest BCUT2D eigenvalue weighted by Gasteiger charge is -2.11. The number of aromatic nitrogens is 3. The molecule has 142 valence electrons. The minimum absolute atomic E-state index is 0.215. The molecule has 0 radical (unpaired) electrons. The van der Waals surface area contributed by atoms with Gasteiger partial charge in [0.15, 0.2) is 5.82 Å². The van der Waals surface area contributed by atoms with E-state index in [9.17, 15) is 4.79 Å². The molecule has 29 heavy (non-hydrogen) atoms. The molecule has 0 spiro atoms. The summed E-state index contributed by atoms with van der Waals surface area (Å²) in [6.07, 6.45) is 4.97. The molecule has 4 aromatic rings. The number of hydrogen-bond donors (Lipinski definition) is 1. The van der Waals surface area contributed by atoms with Crippen molar-refractivity contribution in [2.75, 3.05) is 0 Å². The predicted molar refractivity (Wildman–Crippen MR) is 116 cm³/mol. The van der Waals surface area contributed by atoms with Crippen LogP contribution in [0.3, 0.4) is 0 Å². The fourth-order valence-corrected chi connectivity index (χ4v) is 3.15. The van der Waals surface area contributed by atoms with E-state index in [4.69, 9.17) is 4.98 Å². The number of carbonyl (C=O) groups excluding carboxylic acids is 1. The third-order valence-electron chi connectivity index (χ3n) is 4.39. The van der Waals surface area contributed by atoms with Gasteiger partial charge in [-0.05, 0) is 29.8 Å². The van der Waals surface area contributed by atoms with Crippen LogP contribution in [-0.2, 0) is 6.54 Å². The average Bonchev–Trinajstić information content (AvgIpc) is 2.79. The fraction of sp³-hybridized carbons (Fsp3) is 0.0435. The van der Waals surface area contributed by atoms with E-state index in [1.165, 1.54) is 0 Å². The number of halogens is 1. The number of nitrogens with one attached hydrogen (secondary N) is 1. The zero-order valence-corrected chi connectivity index (χ0v) is 17.0. The highest BCUT2D eigenvalue weighted by atomic mass is 79.9. The molecule has 0 aliphatic heterocycles. The van der Waals surface area contributed by atoms with Gasteiger partial charge in [0.2, 0.25) is 0 Å². The number of hydrogen-bond acceptors (Lipinski definition) is 4. The number of rotatable bonds is 5. The molecule has 0 fully saturated rings. The molecule has 2 heterocycles. The Morgan fingerprint density at radius 3 is 2.34 bits per heavy atom. The van der Waals surface area contributed by atoms with Crippen molar-refractivity contribution in [3.63, 3.8) is 0 Å². The van der Waals surface area contributed by atoms with Crippen molar-refractivity contribution in [1.29, 1.82) is 0 Å². The molecule has 0 atom stereocenters. The standard InChI is InChI=1S/C23H17BrN4O/c24-19-8-6-16(7-9-19)14-27-23(29)20-15-26-22(18-10-12-25-13-11-18)28-21(20)17-4-2-1-3-5-17/h1-13,15H,14H2,(H,27,29). The molecule has 6 heteroatoms. The molecule has 0 saturated carbocycles. The van der Waals surface area contributed by atoms with Crippen molar-refractivity contribution in [3.05, 3.63) is 101 Å². The first kappa shape index (κ1) is 19.0. The largest absolute Gasteiger partial charge is 0.348 e. The van der Waals surface area contributed by atoms with Gasteiger partial charge in [-0.15, -0.1) is 0 Å². The first-order valence-electron chi connectivity index (χ1n) is 9.06. The third-order valence-corrected chi connectivity index (χ3v) is 4.91. The van der Waals surface area contributed by atoms with Gasteiger partial charge < -0.3 is 5.32 Å². The van der Waals surface area contributed by atoms with Crippen molar-refractivity contribution >= 4 is 21.8 Å². The molecule has 4 rings (SSSR count). The van der Waals surface area contributed by atoms with Crippen molar-refractivity contribution in [1.82, 2.24) is 20.3 Å². The summed E-state index contributed by atoms with van der Waals surface area (Å²) < 4.78 is 0.999. The van der Waals surface area contributed by atoms with Crippen LogP contribution in [0.2, 0.25) is 0 Å². The average molecular weight is 445 g/mol. The van der Waals surface area contributed by atoms with E-state index in [-0.39, 0.29) is 5.91 Å². The highest BCUT2D eigenvalue weighted by molar-refractivity contribution is 9.10. The molecule has 1 amide bonds. The first-order chi connectivity index (χ1) is 14.2. The fourth-order valence-electron chi connectivity index (χ4n) is 2.88. The topological polar surface area (TPSA) is 67.8 Å². The molecule has 0 aliphatic carbocycles. The van der Waals surface area contributed by atoms with Crippen LogP contribution in [-0.4, -0.2) is 20.9 Å². The second-order valence-electron chi connectivity index (χ2n) is 6.37. The van der Waals surface area contributed by atoms with Crippen LogP contribution in [0.1, 0.15) is 15.9 Å². The summed E-state index contributed by atoms with van der Waals surface area (Å²) in [5.41, 5.74) is 3.75. The Bertz CT molecular complexity index is 1120. The Kier molecular flexibility index (Phi) is 5.72. The molecule has 0 aliphatic rings. The Balaban J connectivity index is 1.66. The van der Waals surface area contributed by atoms with Crippen LogP contribution in [0.15, 0.2) is 89.8 Å². The maximum absolute atomic E-state index is 12.9. The number of pyridine rings is 1. The summed E-state index contributed by atoms with van der Waals surface area (Å²) in [5.74, 6) is 0.337. The van der Waals surface area contributed by atoms with Crippen LogP contribution in [0.4, 0.5) is 0 Å². The van der Waals surface area contributed by atoms with Crippen molar-refractivity contribution in [2.45, 2.75) is 6.54 Å².